The van der Waals surface area contributed by atoms with Crippen molar-refractivity contribution < 1.29 is 10.0 Å². The number of rotatable bonds is 3. The molecule has 5 aromatic carbocycles. The summed E-state index contributed by atoms with van der Waals surface area (Å²) in [5.41, 5.74) is 4.93. The maximum Gasteiger partial charge on any atom is 0.489 e. The molecule has 0 atom stereocenters. The van der Waals surface area contributed by atoms with Gasteiger partial charge in [-0.1, -0.05) is 97.1 Å². The highest BCUT2D eigenvalue weighted by molar-refractivity contribution is 6.66. The van der Waals surface area contributed by atoms with Gasteiger partial charge in [-0.15, -0.1) is 0 Å². The Morgan fingerprint density at radius 3 is 1.90 bits per heavy atom. The third-order valence-electron chi connectivity index (χ3n) is 5.49. The average Bonchev–Trinajstić information content (AvgIpc) is 2.77. The van der Waals surface area contributed by atoms with E-state index in [0.29, 0.717) is 5.46 Å². The Morgan fingerprint density at radius 1 is 0.517 bits per heavy atom. The molecule has 2 nitrogen and oxygen atoms in total. The molecule has 0 aromatic heterocycles. The molecule has 0 aliphatic heterocycles. The van der Waals surface area contributed by atoms with Crippen molar-refractivity contribution >= 4 is 34.1 Å². The SMILES string of the molecule is OB(O)c1c2ccccc2cc2cccc(-c3ccc(-c4ccccc4)cc3)c12. The van der Waals surface area contributed by atoms with Crippen molar-refractivity contribution in [3.8, 4) is 22.3 Å². The third-order valence-corrected chi connectivity index (χ3v) is 5.49. The predicted octanol–water partition coefficient (Wildman–Crippen LogP) is 5.01. The fourth-order valence-corrected chi connectivity index (χ4v) is 4.14. The first kappa shape index (κ1) is 17.7. The van der Waals surface area contributed by atoms with E-state index in [9.17, 15) is 10.0 Å². The number of benzene rings is 5. The maximum atomic E-state index is 10.2. The van der Waals surface area contributed by atoms with Crippen molar-refractivity contribution in [1.82, 2.24) is 0 Å². The van der Waals surface area contributed by atoms with Crippen LogP contribution in [0.2, 0.25) is 0 Å². The molecule has 0 saturated carbocycles. The molecule has 3 heteroatoms. The monoisotopic (exact) mass is 374 g/mol. The Balaban J connectivity index is 1.74. The van der Waals surface area contributed by atoms with Crippen molar-refractivity contribution in [3.05, 3.63) is 103 Å². The Hall–Kier alpha value is -3.40. The molecule has 29 heavy (non-hydrogen) atoms. The van der Waals surface area contributed by atoms with Gasteiger partial charge in [-0.3, -0.25) is 0 Å². The summed E-state index contributed by atoms with van der Waals surface area (Å²) in [5.74, 6) is 0. The van der Waals surface area contributed by atoms with E-state index in [1.165, 1.54) is 5.56 Å². The average molecular weight is 374 g/mol. The molecule has 0 amide bonds. The van der Waals surface area contributed by atoms with Crippen molar-refractivity contribution in [1.29, 1.82) is 0 Å². The van der Waals surface area contributed by atoms with E-state index < -0.39 is 7.12 Å². The zero-order valence-electron chi connectivity index (χ0n) is 15.8. The summed E-state index contributed by atoms with van der Waals surface area (Å²) in [4.78, 5) is 0. The molecule has 0 radical (unpaired) electrons. The minimum absolute atomic E-state index is 0.556. The van der Waals surface area contributed by atoms with Gasteiger partial charge in [-0.25, -0.2) is 0 Å². The summed E-state index contributed by atoms with van der Waals surface area (Å²) in [7, 11) is -1.55. The molecular formula is C26H19BO2. The van der Waals surface area contributed by atoms with Gasteiger partial charge in [-0.05, 0) is 55.3 Å². The van der Waals surface area contributed by atoms with Crippen LogP contribution in [0.5, 0.6) is 0 Å². The quantitative estimate of drug-likeness (QED) is 0.344. The van der Waals surface area contributed by atoms with Crippen LogP contribution in [0, 0.1) is 0 Å². The second-order valence-corrected chi connectivity index (χ2v) is 7.23. The van der Waals surface area contributed by atoms with E-state index in [2.05, 4.69) is 42.5 Å². The smallest absolute Gasteiger partial charge is 0.423 e. The van der Waals surface area contributed by atoms with Crippen LogP contribution in [0.3, 0.4) is 0 Å². The predicted molar refractivity (Wildman–Crippen MR) is 122 cm³/mol. The molecule has 138 valence electrons. The zero-order valence-corrected chi connectivity index (χ0v) is 15.8. The minimum atomic E-state index is -1.55. The molecule has 0 unspecified atom stereocenters. The molecule has 0 aliphatic carbocycles. The number of hydrogen-bond donors (Lipinski definition) is 2. The van der Waals surface area contributed by atoms with Crippen LogP contribution in [0.15, 0.2) is 103 Å². The highest BCUT2D eigenvalue weighted by Crippen LogP contribution is 2.32. The Kier molecular flexibility index (Phi) is 4.40. The lowest BCUT2D eigenvalue weighted by molar-refractivity contribution is 0.426. The van der Waals surface area contributed by atoms with Gasteiger partial charge in [0.1, 0.15) is 0 Å². The van der Waals surface area contributed by atoms with Crippen LogP contribution in [0.4, 0.5) is 0 Å². The number of fused-ring (bicyclic) bond motifs is 2. The van der Waals surface area contributed by atoms with Crippen LogP contribution < -0.4 is 5.46 Å². The molecule has 0 spiro atoms. The van der Waals surface area contributed by atoms with Crippen LogP contribution in [0.25, 0.3) is 43.8 Å². The molecule has 5 aromatic rings. The minimum Gasteiger partial charge on any atom is -0.423 e. The first-order valence-electron chi connectivity index (χ1n) is 9.69. The van der Waals surface area contributed by atoms with Gasteiger partial charge in [-0.2, -0.15) is 0 Å². The standard InChI is InChI=1S/C26H19BO2/c28-27(29)26-24-11-5-4-9-21(24)17-22-10-6-12-23(25(22)26)20-15-13-19(14-16-20)18-7-2-1-3-8-18/h1-17,28-29H. The second-order valence-electron chi connectivity index (χ2n) is 7.23. The molecule has 2 N–H and O–H groups in total. The second kappa shape index (κ2) is 7.21. The van der Waals surface area contributed by atoms with Gasteiger partial charge in [0.25, 0.3) is 0 Å². The van der Waals surface area contributed by atoms with Gasteiger partial charge < -0.3 is 10.0 Å². The van der Waals surface area contributed by atoms with Gasteiger partial charge >= 0.3 is 7.12 Å². The van der Waals surface area contributed by atoms with Crippen molar-refractivity contribution in [2.45, 2.75) is 0 Å². The van der Waals surface area contributed by atoms with E-state index in [1.807, 2.05) is 60.7 Å². The first-order chi connectivity index (χ1) is 14.2. The summed E-state index contributed by atoms with van der Waals surface area (Å²) in [6, 6.07) is 34.7. The van der Waals surface area contributed by atoms with Gasteiger partial charge in [0.15, 0.2) is 0 Å². The summed E-state index contributed by atoms with van der Waals surface area (Å²) in [5, 5.41) is 24.2. The Bertz CT molecular complexity index is 1310. The molecule has 0 bridgehead atoms. The topological polar surface area (TPSA) is 40.5 Å². The van der Waals surface area contributed by atoms with Crippen LogP contribution >= 0.6 is 0 Å². The normalized spacial score (nSPS) is 11.1. The summed E-state index contributed by atoms with van der Waals surface area (Å²) in [6.45, 7) is 0. The van der Waals surface area contributed by atoms with E-state index in [-0.39, 0.29) is 0 Å². The summed E-state index contributed by atoms with van der Waals surface area (Å²) in [6.07, 6.45) is 0. The lowest BCUT2D eigenvalue weighted by Crippen LogP contribution is -2.31. The van der Waals surface area contributed by atoms with Gasteiger partial charge in [0, 0.05) is 0 Å². The summed E-state index contributed by atoms with van der Waals surface area (Å²) >= 11 is 0. The van der Waals surface area contributed by atoms with E-state index in [1.54, 1.807) is 0 Å². The van der Waals surface area contributed by atoms with E-state index in [4.69, 9.17) is 0 Å². The van der Waals surface area contributed by atoms with E-state index >= 15 is 0 Å². The van der Waals surface area contributed by atoms with Crippen molar-refractivity contribution in [2.75, 3.05) is 0 Å². The van der Waals surface area contributed by atoms with Crippen molar-refractivity contribution in [3.63, 3.8) is 0 Å². The molecular weight excluding hydrogens is 355 g/mol. The highest BCUT2D eigenvalue weighted by atomic mass is 16.4. The van der Waals surface area contributed by atoms with Crippen LogP contribution in [0.1, 0.15) is 0 Å². The lowest BCUT2D eigenvalue weighted by Gasteiger charge is -2.15. The van der Waals surface area contributed by atoms with Crippen molar-refractivity contribution in [2.24, 2.45) is 0 Å². The first-order valence-corrected chi connectivity index (χ1v) is 9.69. The van der Waals surface area contributed by atoms with E-state index in [0.717, 1.165) is 38.2 Å². The van der Waals surface area contributed by atoms with Gasteiger partial charge in [0.2, 0.25) is 0 Å². The lowest BCUT2D eigenvalue weighted by atomic mass is 9.72. The zero-order chi connectivity index (χ0) is 19.8. The van der Waals surface area contributed by atoms with Gasteiger partial charge in [0.05, 0.1) is 0 Å². The molecule has 0 heterocycles. The molecule has 0 fully saturated rings. The Morgan fingerprint density at radius 2 is 1.14 bits per heavy atom. The fraction of sp³-hybridized carbons (Fsp3) is 0. The largest absolute Gasteiger partial charge is 0.489 e. The maximum absolute atomic E-state index is 10.2. The fourth-order valence-electron chi connectivity index (χ4n) is 4.14. The third kappa shape index (κ3) is 3.11. The summed E-state index contributed by atoms with van der Waals surface area (Å²) < 4.78 is 0. The number of hydrogen-bond acceptors (Lipinski definition) is 2. The molecule has 0 saturated heterocycles. The van der Waals surface area contributed by atoms with Crippen LogP contribution in [-0.2, 0) is 0 Å². The molecule has 5 rings (SSSR count). The van der Waals surface area contributed by atoms with Crippen LogP contribution in [-0.4, -0.2) is 17.2 Å². The Labute approximate surface area is 169 Å². The highest BCUT2D eigenvalue weighted by Gasteiger charge is 2.21. The molecule has 0 aliphatic rings.